The number of likely N-dealkylation sites (N-methyl/N-ethyl adjacent to an activating group) is 1. The van der Waals surface area contributed by atoms with E-state index in [9.17, 15) is 4.79 Å². The molecule has 1 aromatic heterocycles. The zero-order valence-corrected chi connectivity index (χ0v) is 13.9. The molecular formula is C16H27N5O. The van der Waals surface area contributed by atoms with Gasteiger partial charge in [-0.1, -0.05) is 20.3 Å². The van der Waals surface area contributed by atoms with Gasteiger partial charge in [-0.2, -0.15) is 0 Å². The summed E-state index contributed by atoms with van der Waals surface area (Å²) < 4.78 is 0. The van der Waals surface area contributed by atoms with Crippen LogP contribution < -0.4 is 5.32 Å². The summed E-state index contributed by atoms with van der Waals surface area (Å²) >= 11 is 0. The minimum absolute atomic E-state index is 0.0137. The molecule has 0 radical (unpaired) electrons. The van der Waals surface area contributed by atoms with Crippen LogP contribution in [0.2, 0.25) is 0 Å². The van der Waals surface area contributed by atoms with Gasteiger partial charge in [0, 0.05) is 38.4 Å². The van der Waals surface area contributed by atoms with E-state index < -0.39 is 0 Å². The summed E-state index contributed by atoms with van der Waals surface area (Å²) in [5.74, 6) is 0.573. The molecule has 0 saturated carbocycles. The fourth-order valence-electron chi connectivity index (χ4n) is 2.56. The quantitative estimate of drug-likeness (QED) is 0.812. The average molecular weight is 305 g/mol. The minimum atomic E-state index is 0.0137. The SMILES string of the molecule is CCCCNc1nc(C)cc(C(=O)N2CCN(CC)CC2)n1. The van der Waals surface area contributed by atoms with Crippen LogP contribution in [0.15, 0.2) is 6.07 Å². The van der Waals surface area contributed by atoms with Crippen molar-refractivity contribution in [1.82, 2.24) is 19.8 Å². The molecule has 22 heavy (non-hydrogen) atoms. The number of hydrogen-bond donors (Lipinski definition) is 1. The van der Waals surface area contributed by atoms with Crippen molar-refractivity contribution in [3.8, 4) is 0 Å². The van der Waals surface area contributed by atoms with Gasteiger partial charge in [-0.25, -0.2) is 9.97 Å². The smallest absolute Gasteiger partial charge is 0.272 e. The summed E-state index contributed by atoms with van der Waals surface area (Å²) in [4.78, 5) is 25.6. The molecule has 1 fully saturated rings. The van der Waals surface area contributed by atoms with E-state index in [0.717, 1.165) is 57.8 Å². The number of aryl methyl sites for hydroxylation is 1. The van der Waals surface area contributed by atoms with Gasteiger partial charge in [0.15, 0.2) is 0 Å². The molecule has 1 aromatic rings. The third-order valence-electron chi connectivity index (χ3n) is 3.99. The first-order chi connectivity index (χ1) is 10.6. The highest BCUT2D eigenvalue weighted by atomic mass is 16.2. The zero-order valence-electron chi connectivity index (χ0n) is 13.9. The van der Waals surface area contributed by atoms with E-state index >= 15 is 0 Å². The number of rotatable bonds is 6. The van der Waals surface area contributed by atoms with Crippen molar-refractivity contribution in [1.29, 1.82) is 0 Å². The Morgan fingerprint density at radius 2 is 1.95 bits per heavy atom. The molecule has 1 aliphatic rings. The number of anilines is 1. The topological polar surface area (TPSA) is 61.4 Å². The Bertz CT molecular complexity index is 497. The zero-order chi connectivity index (χ0) is 15.9. The maximum absolute atomic E-state index is 12.6. The highest BCUT2D eigenvalue weighted by Crippen LogP contribution is 2.10. The molecule has 2 heterocycles. The number of amides is 1. The van der Waals surface area contributed by atoms with E-state index in [1.165, 1.54) is 0 Å². The lowest BCUT2D eigenvalue weighted by Crippen LogP contribution is -2.48. The largest absolute Gasteiger partial charge is 0.354 e. The predicted octanol–water partition coefficient (Wildman–Crippen LogP) is 1.77. The van der Waals surface area contributed by atoms with Crippen molar-refractivity contribution in [2.24, 2.45) is 0 Å². The maximum Gasteiger partial charge on any atom is 0.272 e. The Balaban J connectivity index is 2.02. The second-order valence-electron chi connectivity index (χ2n) is 5.72. The van der Waals surface area contributed by atoms with Crippen LogP contribution >= 0.6 is 0 Å². The Morgan fingerprint density at radius 3 is 2.59 bits per heavy atom. The number of nitrogens with one attached hydrogen (secondary N) is 1. The molecule has 6 nitrogen and oxygen atoms in total. The van der Waals surface area contributed by atoms with Crippen LogP contribution in [0.25, 0.3) is 0 Å². The first-order valence-electron chi connectivity index (χ1n) is 8.25. The maximum atomic E-state index is 12.6. The molecule has 2 rings (SSSR count). The Kier molecular flexibility index (Phi) is 6.12. The molecule has 6 heteroatoms. The molecule has 0 unspecified atom stereocenters. The summed E-state index contributed by atoms with van der Waals surface area (Å²) in [6.07, 6.45) is 2.19. The number of carbonyl (C=O) groups is 1. The van der Waals surface area contributed by atoms with Crippen LogP contribution in [-0.4, -0.2) is 64.9 Å². The van der Waals surface area contributed by atoms with Crippen molar-refractivity contribution in [3.05, 3.63) is 17.5 Å². The number of nitrogens with zero attached hydrogens (tertiary/aromatic N) is 4. The average Bonchev–Trinajstić information content (AvgIpc) is 2.54. The summed E-state index contributed by atoms with van der Waals surface area (Å²) in [5, 5.41) is 3.20. The summed E-state index contributed by atoms with van der Waals surface area (Å²) in [6.45, 7) is 11.5. The van der Waals surface area contributed by atoms with Crippen molar-refractivity contribution in [2.45, 2.75) is 33.6 Å². The van der Waals surface area contributed by atoms with Crippen molar-refractivity contribution in [2.75, 3.05) is 44.6 Å². The molecule has 0 spiro atoms. The number of aromatic nitrogens is 2. The van der Waals surface area contributed by atoms with E-state index in [2.05, 4.69) is 34.0 Å². The second-order valence-corrected chi connectivity index (χ2v) is 5.72. The van der Waals surface area contributed by atoms with Gasteiger partial charge in [-0.3, -0.25) is 4.79 Å². The van der Waals surface area contributed by atoms with Crippen molar-refractivity contribution >= 4 is 11.9 Å². The monoisotopic (exact) mass is 305 g/mol. The van der Waals surface area contributed by atoms with Gasteiger partial charge in [0.2, 0.25) is 5.95 Å². The van der Waals surface area contributed by atoms with Gasteiger partial charge < -0.3 is 15.1 Å². The van der Waals surface area contributed by atoms with Crippen LogP contribution in [-0.2, 0) is 0 Å². The standard InChI is InChI=1S/C16H27N5O/c1-4-6-7-17-16-18-13(3)12-14(19-16)15(22)21-10-8-20(5-2)9-11-21/h12H,4-11H2,1-3H3,(H,17,18,19). The summed E-state index contributed by atoms with van der Waals surface area (Å²) in [5.41, 5.74) is 1.32. The van der Waals surface area contributed by atoms with Gasteiger partial charge in [0.25, 0.3) is 5.91 Å². The molecule has 0 aliphatic carbocycles. The third-order valence-corrected chi connectivity index (χ3v) is 3.99. The van der Waals surface area contributed by atoms with E-state index in [1.54, 1.807) is 6.07 Å². The molecule has 0 atom stereocenters. The first-order valence-corrected chi connectivity index (χ1v) is 8.25. The van der Waals surface area contributed by atoms with Crippen LogP contribution in [0.3, 0.4) is 0 Å². The van der Waals surface area contributed by atoms with Crippen LogP contribution in [0.5, 0.6) is 0 Å². The van der Waals surface area contributed by atoms with Gasteiger partial charge in [-0.15, -0.1) is 0 Å². The van der Waals surface area contributed by atoms with Gasteiger partial charge >= 0.3 is 0 Å². The number of hydrogen-bond acceptors (Lipinski definition) is 5. The summed E-state index contributed by atoms with van der Waals surface area (Å²) in [7, 11) is 0. The van der Waals surface area contributed by atoms with Gasteiger partial charge in [-0.05, 0) is 26.0 Å². The Labute approximate surface area is 132 Å². The number of unbranched alkanes of at least 4 members (excludes halogenated alkanes) is 1. The molecule has 1 aliphatic heterocycles. The second kappa shape index (κ2) is 8.08. The number of carbonyl (C=O) groups excluding carboxylic acids is 1. The highest BCUT2D eigenvalue weighted by Gasteiger charge is 2.22. The van der Waals surface area contributed by atoms with E-state index in [0.29, 0.717) is 11.6 Å². The van der Waals surface area contributed by atoms with E-state index in [-0.39, 0.29) is 5.91 Å². The minimum Gasteiger partial charge on any atom is -0.354 e. The fraction of sp³-hybridized carbons (Fsp3) is 0.688. The normalized spacial score (nSPS) is 15.9. The fourth-order valence-corrected chi connectivity index (χ4v) is 2.56. The predicted molar refractivity (Wildman–Crippen MR) is 88.2 cm³/mol. The number of piperazine rings is 1. The van der Waals surface area contributed by atoms with E-state index in [1.807, 2.05) is 11.8 Å². The highest BCUT2D eigenvalue weighted by molar-refractivity contribution is 5.92. The lowest BCUT2D eigenvalue weighted by atomic mass is 10.2. The summed E-state index contributed by atoms with van der Waals surface area (Å²) in [6, 6.07) is 1.78. The molecule has 1 saturated heterocycles. The Hall–Kier alpha value is -1.69. The third kappa shape index (κ3) is 4.40. The molecule has 1 amide bonds. The van der Waals surface area contributed by atoms with Gasteiger partial charge in [0.1, 0.15) is 5.69 Å². The molecular weight excluding hydrogens is 278 g/mol. The molecule has 1 N–H and O–H groups in total. The molecule has 122 valence electrons. The Morgan fingerprint density at radius 1 is 1.23 bits per heavy atom. The molecule has 0 aromatic carbocycles. The molecule has 0 bridgehead atoms. The van der Waals surface area contributed by atoms with Crippen molar-refractivity contribution in [3.63, 3.8) is 0 Å². The van der Waals surface area contributed by atoms with Crippen LogP contribution in [0.4, 0.5) is 5.95 Å². The van der Waals surface area contributed by atoms with Gasteiger partial charge in [0.05, 0.1) is 0 Å². The van der Waals surface area contributed by atoms with Crippen molar-refractivity contribution < 1.29 is 4.79 Å². The first kappa shape index (κ1) is 16.7. The van der Waals surface area contributed by atoms with Crippen LogP contribution in [0.1, 0.15) is 42.9 Å². The van der Waals surface area contributed by atoms with E-state index in [4.69, 9.17) is 0 Å². The lowest BCUT2D eigenvalue weighted by Gasteiger charge is -2.33. The lowest BCUT2D eigenvalue weighted by molar-refractivity contribution is 0.0637. The van der Waals surface area contributed by atoms with Crippen LogP contribution in [0, 0.1) is 6.92 Å².